The van der Waals surface area contributed by atoms with E-state index in [1.165, 1.54) is 6.07 Å². The number of aldehydes is 1. The van der Waals surface area contributed by atoms with Gasteiger partial charge in [0.05, 0.1) is 15.0 Å². The monoisotopic (exact) mass is 413 g/mol. The average molecular weight is 415 g/mol. The normalized spacial score (nSPS) is 10.2. The number of nitro groups is 1. The molecule has 2 rings (SSSR count). The predicted molar refractivity (Wildman–Crippen MR) is 84.7 cm³/mol. The Kier molecular flexibility index (Phi) is 5.08. The van der Waals surface area contributed by atoms with Crippen molar-refractivity contribution >= 4 is 43.8 Å². The molecular weight excluding hydrogens is 406 g/mol. The van der Waals surface area contributed by atoms with E-state index in [2.05, 4.69) is 31.9 Å². The van der Waals surface area contributed by atoms with Crippen LogP contribution in [0.3, 0.4) is 0 Å². The van der Waals surface area contributed by atoms with Gasteiger partial charge in [-0.25, -0.2) is 0 Å². The average Bonchev–Trinajstić information content (AvgIpc) is 2.46. The number of benzene rings is 2. The summed E-state index contributed by atoms with van der Waals surface area (Å²) in [5, 5.41) is 11.0. The first kappa shape index (κ1) is 15.7. The number of carbonyl (C=O) groups excluding carboxylic acids is 1. The summed E-state index contributed by atoms with van der Waals surface area (Å²) >= 11 is 6.50. The molecule has 2 aromatic carbocycles. The molecule has 21 heavy (non-hydrogen) atoms. The zero-order chi connectivity index (χ0) is 15.4. The Morgan fingerprint density at radius 1 is 1.19 bits per heavy atom. The summed E-state index contributed by atoms with van der Waals surface area (Å²) in [7, 11) is 0. The summed E-state index contributed by atoms with van der Waals surface area (Å²) in [6.07, 6.45) is 0.730. The van der Waals surface area contributed by atoms with Crippen molar-refractivity contribution in [2.45, 2.75) is 6.61 Å². The van der Waals surface area contributed by atoms with E-state index in [0.29, 0.717) is 25.8 Å². The molecule has 0 aliphatic rings. The maximum atomic E-state index is 11.0. The van der Waals surface area contributed by atoms with Crippen LogP contribution >= 0.6 is 31.9 Å². The summed E-state index contributed by atoms with van der Waals surface area (Å²) in [6.45, 7) is 0.0582. The first-order valence-electron chi connectivity index (χ1n) is 5.81. The Hall–Kier alpha value is -1.73. The molecule has 0 fully saturated rings. The van der Waals surface area contributed by atoms with Crippen molar-refractivity contribution in [2.75, 3.05) is 0 Å². The maximum absolute atomic E-state index is 11.0. The fourth-order valence-corrected chi connectivity index (χ4v) is 2.55. The van der Waals surface area contributed by atoms with E-state index in [0.717, 1.165) is 6.29 Å². The van der Waals surface area contributed by atoms with Crippen molar-refractivity contribution in [3.63, 3.8) is 0 Å². The third-order valence-corrected chi connectivity index (χ3v) is 3.83. The van der Waals surface area contributed by atoms with E-state index in [4.69, 9.17) is 4.74 Å². The zero-order valence-electron chi connectivity index (χ0n) is 10.6. The molecule has 0 saturated heterocycles. The minimum absolute atomic E-state index is 0.00925. The molecule has 0 bridgehead atoms. The molecule has 0 radical (unpaired) electrons. The summed E-state index contributed by atoms with van der Waals surface area (Å²) in [4.78, 5) is 21.2. The highest BCUT2D eigenvalue weighted by Gasteiger charge is 2.15. The van der Waals surface area contributed by atoms with Crippen LogP contribution in [0, 0.1) is 10.1 Å². The zero-order valence-corrected chi connectivity index (χ0v) is 13.8. The molecule has 108 valence electrons. The smallest absolute Gasteiger partial charge is 0.277 e. The van der Waals surface area contributed by atoms with Gasteiger partial charge >= 0.3 is 0 Å². The van der Waals surface area contributed by atoms with Crippen LogP contribution in [0.25, 0.3) is 0 Å². The molecule has 0 heterocycles. The van der Waals surface area contributed by atoms with Crippen LogP contribution in [0.4, 0.5) is 5.69 Å². The van der Waals surface area contributed by atoms with E-state index in [9.17, 15) is 14.9 Å². The minimum Gasteiger partial charge on any atom is -0.487 e. The molecule has 0 aliphatic carbocycles. The molecule has 0 atom stereocenters. The van der Waals surface area contributed by atoms with Crippen LogP contribution in [-0.2, 0) is 6.61 Å². The molecule has 2 aromatic rings. The number of hydrogen-bond acceptors (Lipinski definition) is 4. The SMILES string of the molecule is O=Cc1ccc(OCc2ccc(Br)cc2[N+](=O)[O-])c(Br)c1. The van der Waals surface area contributed by atoms with Gasteiger partial charge in [0.25, 0.3) is 5.69 Å². The van der Waals surface area contributed by atoms with Crippen molar-refractivity contribution in [2.24, 2.45) is 0 Å². The Morgan fingerprint density at radius 2 is 1.95 bits per heavy atom. The highest BCUT2D eigenvalue weighted by Crippen LogP contribution is 2.29. The fraction of sp³-hybridized carbons (Fsp3) is 0.0714. The molecule has 0 spiro atoms. The Bertz CT molecular complexity index is 703. The van der Waals surface area contributed by atoms with Crippen LogP contribution in [0.15, 0.2) is 45.3 Å². The Morgan fingerprint density at radius 3 is 2.57 bits per heavy atom. The van der Waals surface area contributed by atoms with Gasteiger partial charge in [0.15, 0.2) is 0 Å². The van der Waals surface area contributed by atoms with Crippen molar-refractivity contribution < 1.29 is 14.5 Å². The van der Waals surface area contributed by atoms with Gasteiger partial charge in [0, 0.05) is 16.1 Å². The standard InChI is InChI=1S/C14H9Br2NO4/c15-11-3-2-10(13(6-11)17(19)20)8-21-14-4-1-9(7-18)5-12(14)16/h1-7H,8H2. The van der Waals surface area contributed by atoms with Gasteiger partial charge in [-0.15, -0.1) is 0 Å². The van der Waals surface area contributed by atoms with Crippen LogP contribution in [0.2, 0.25) is 0 Å². The highest BCUT2D eigenvalue weighted by molar-refractivity contribution is 9.10. The Labute approximate surface area is 137 Å². The van der Waals surface area contributed by atoms with E-state index in [1.807, 2.05) is 0 Å². The number of nitro benzene ring substituents is 1. The van der Waals surface area contributed by atoms with Gasteiger partial charge in [0.2, 0.25) is 0 Å². The lowest BCUT2D eigenvalue weighted by atomic mass is 10.2. The minimum atomic E-state index is -0.450. The number of rotatable bonds is 5. The number of nitrogens with zero attached hydrogens (tertiary/aromatic N) is 1. The van der Waals surface area contributed by atoms with Gasteiger partial charge in [0.1, 0.15) is 18.6 Å². The van der Waals surface area contributed by atoms with Crippen LogP contribution in [0.5, 0.6) is 5.75 Å². The number of ether oxygens (including phenoxy) is 1. The third-order valence-electron chi connectivity index (χ3n) is 2.72. The summed E-state index contributed by atoms with van der Waals surface area (Å²) in [5.41, 5.74) is 0.975. The second-order valence-electron chi connectivity index (χ2n) is 4.13. The molecule has 5 nitrogen and oxygen atoms in total. The fourth-order valence-electron chi connectivity index (χ4n) is 1.69. The van der Waals surface area contributed by atoms with E-state index >= 15 is 0 Å². The topological polar surface area (TPSA) is 69.4 Å². The first-order valence-corrected chi connectivity index (χ1v) is 7.40. The van der Waals surface area contributed by atoms with Crippen molar-refractivity contribution in [1.82, 2.24) is 0 Å². The van der Waals surface area contributed by atoms with Gasteiger partial charge in [-0.2, -0.15) is 0 Å². The van der Waals surface area contributed by atoms with Crippen LogP contribution < -0.4 is 4.74 Å². The van der Waals surface area contributed by atoms with Gasteiger partial charge in [-0.3, -0.25) is 14.9 Å². The molecule has 0 saturated carbocycles. The van der Waals surface area contributed by atoms with Crippen molar-refractivity contribution in [3.05, 3.63) is 66.6 Å². The second kappa shape index (κ2) is 6.82. The molecule has 0 amide bonds. The summed E-state index contributed by atoms with van der Waals surface area (Å²) in [5.74, 6) is 0.512. The number of halogens is 2. The largest absolute Gasteiger partial charge is 0.487 e. The molecule has 7 heteroatoms. The highest BCUT2D eigenvalue weighted by atomic mass is 79.9. The van der Waals surface area contributed by atoms with E-state index in [1.54, 1.807) is 30.3 Å². The van der Waals surface area contributed by atoms with E-state index in [-0.39, 0.29) is 12.3 Å². The lowest BCUT2D eigenvalue weighted by Crippen LogP contribution is -2.01. The quantitative estimate of drug-likeness (QED) is 0.410. The van der Waals surface area contributed by atoms with Crippen LogP contribution in [0.1, 0.15) is 15.9 Å². The van der Waals surface area contributed by atoms with E-state index < -0.39 is 4.92 Å². The molecule has 0 aliphatic heterocycles. The maximum Gasteiger partial charge on any atom is 0.277 e. The predicted octanol–water partition coefficient (Wildman–Crippen LogP) is 4.51. The lowest BCUT2D eigenvalue weighted by molar-refractivity contribution is -0.385. The molecule has 0 aromatic heterocycles. The van der Waals surface area contributed by atoms with Crippen molar-refractivity contribution in [3.8, 4) is 5.75 Å². The number of carbonyl (C=O) groups is 1. The second-order valence-corrected chi connectivity index (χ2v) is 5.90. The molecule has 0 unspecified atom stereocenters. The summed E-state index contributed by atoms with van der Waals surface area (Å²) in [6, 6.07) is 9.66. The third kappa shape index (κ3) is 3.89. The van der Waals surface area contributed by atoms with Gasteiger partial charge < -0.3 is 4.74 Å². The van der Waals surface area contributed by atoms with Gasteiger partial charge in [-0.1, -0.05) is 15.9 Å². The van der Waals surface area contributed by atoms with Crippen LogP contribution in [-0.4, -0.2) is 11.2 Å². The molecular formula is C14H9Br2NO4. The number of hydrogen-bond donors (Lipinski definition) is 0. The Balaban J connectivity index is 2.20. The first-order chi connectivity index (χ1) is 10.0. The van der Waals surface area contributed by atoms with Gasteiger partial charge in [-0.05, 0) is 46.3 Å². The summed E-state index contributed by atoms with van der Waals surface area (Å²) < 4.78 is 6.82. The van der Waals surface area contributed by atoms with Crippen molar-refractivity contribution in [1.29, 1.82) is 0 Å². The molecule has 0 N–H and O–H groups in total. The lowest BCUT2D eigenvalue weighted by Gasteiger charge is -2.09.